The van der Waals surface area contributed by atoms with Gasteiger partial charge in [-0.05, 0) is 44.0 Å². The average Bonchev–Trinajstić information content (AvgIpc) is 3.47. The second-order valence-electron chi connectivity index (χ2n) is 8.68. The van der Waals surface area contributed by atoms with Gasteiger partial charge in [0, 0.05) is 6.54 Å². The van der Waals surface area contributed by atoms with E-state index in [1.807, 2.05) is 0 Å². The summed E-state index contributed by atoms with van der Waals surface area (Å²) in [7, 11) is -3.71. The van der Waals surface area contributed by atoms with Gasteiger partial charge < -0.3 is 9.73 Å². The number of carbonyl (C=O) groups is 3. The maximum Gasteiger partial charge on any atom is 0.266 e. The molecular weight excluding hydrogens is 470 g/mol. The van der Waals surface area contributed by atoms with Crippen molar-refractivity contribution in [2.45, 2.75) is 48.9 Å². The van der Waals surface area contributed by atoms with Crippen molar-refractivity contribution in [1.29, 1.82) is 0 Å². The number of carbonyl (C=O) groups excluding carboxylic acids is 3. The molecule has 3 atom stereocenters. The molecule has 0 spiro atoms. The van der Waals surface area contributed by atoms with E-state index in [9.17, 15) is 22.8 Å². The van der Waals surface area contributed by atoms with E-state index in [-0.39, 0.29) is 42.5 Å². The number of hydrogen-bond acceptors (Lipinski definition) is 8. The van der Waals surface area contributed by atoms with Crippen molar-refractivity contribution in [1.82, 2.24) is 15.2 Å². The van der Waals surface area contributed by atoms with Crippen molar-refractivity contribution in [3.8, 4) is 0 Å². The van der Waals surface area contributed by atoms with Crippen LogP contribution in [-0.4, -0.2) is 66.2 Å². The van der Waals surface area contributed by atoms with E-state index in [4.69, 9.17) is 4.42 Å². The van der Waals surface area contributed by atoms with Crippen LogP contribution in [0.5, 0.6) is 0 Å². The number of ketones is 2. The summed E-state index contributed by atoms with van der Waals surface area (Å²) in [6.07, 6.45) is 0.304. The van der Waals surface area contributed by atoms with E-state index in [1.165, 1.54) is 19.1 Å². The number of nitrogens with one attached hydrogen (secondary N) is 1. The molecule has 1 aliphatic heterocycles. The summed E-state index contributed by atoms with van der Waals surface area (Å²) in [5, 5.41) is 1.88. The number of benzene rings is 2. The highest BCUT2D eigenvalue weighted by molar-refractivity contribution is 7.92. The van der Waals surface area contributed by atoms with Crippen molar-refractivity contribution in [3.63, 3.8) is 0 Å². The van der Waals surface area contributed by atoms with Gasteiger partial charge in [-0.15, -0.1) is 0 Å². The Morgan fingerprint density at radius 1 is 1.11 bits per heavy atom. The molecule has 3 aromatic rings. The van der Waals surface area contributed by atoms with E-state index in [0.29, 0.717) is 11.1 Å². The molecule has 0 radical (unpaired) electrons. The average molecular weight is 498 g/mol. The minimum absolute atomic E-state index is 0.0177. The number of para-hydroxylation sites is 2. The molecule has 1 amide bonds. The van der Waals surface area contributed by atoms with Gasteiger partial charge in [0.15, 0.2) is 15.4 Å². The largest absolute Gasteiger partial charge is 0.434 e. The Morgan fingerprint density at radius 3 is 2.46 bits per heavy atom. The Kier molecular flexibility index (Phi) is 7.13. The summed E-state index contributed by atoms with van der Waals surface area (Å²) in [6.45, 7) is 3.12. The summed E-state index contributed by atoms with van der Waals surface area (Å²) < 4.78 is 31.9. The number of rotatable bonds is 9. The molecule has 0 saturated carbocycles. The van der Waals surface area contributed by atoms with Crippen molar-refractivity contribution in [2.75, 3.05) is 13.1 Å². The summed E-state index contributed by atoms with van der Waals surface area (Å²) in [4.78, 5) is 44.1. The van der Waals surface area contributed by atoms with E-state index in [2.05, 4.69) is 10.3 Å². The Labute approximate surface area is 203 Å². The first-order chi connectivity index (χ1) is 16.7. The lowest BCUT2D eigenvalue weighted by atomic mass is 10.1. The van der Waals surface area contributed by atoms with E-state index in [0.717, 1.165) is 0 Å². The van der Waals surface area contributed by atoms with Gasteiger partial charge in [-0.25, -0.2) is 13.4 Å². The van der Waals surface area contributed by atoms with Gasteiger partial charge >= 0.3 is 0 Å². The van der Waals surface area contributed by atoms with Crippen molar-refractivity contribution in [2.24, 2.45) is 0 Å². The third-order valence-electron chi connectivity index (χ3n) is 6.15. The van der Waals surface area contributed by atoms with Gasteiger partial charge in [0.05, 0.1) is 28.8 Å². The minimum atomic E-state index is -3.71. The molecule has 184 valence electrons. The van der Waals surface area contributed by atoms with E-state index >= 15 is 0 Å². The lowest BCUT2D eigenvalue weighted by molar-refractivity contribution is -0.127. The summed E-state index contributed by atoms with van der Waals surface area (Å²) >= 11 is 0. The number of hydrogen-bond donors (Lipinski definition) is 1. The van der Waals surface area contributed by atoms with Gasteiger partial charge in [0.1, 0.15) is 11.3 Å². The van der Waals surface area contributed by atoms with Crippen LogP contribution >= 0.6 is 0 Å². The first-order valence-electron chi connectivity index (χ1n) is 11.4. The van der Waals surface area contributed by atoms with Crippen LogP contribution in [0.2, 0.25) is 0 Å². The summed E-state index contributed by atoms with van der Waals surface area (Å²) in [6, 6.07) is 13.2. The Morgan fingerprint density at radius 2 is 1.80 bits per heavy atom. The van der Waals surface area contributed by atoms with Crippen LogP contribution in [0.15, 0.2) is 63.9 Å². The lowest BCUT2D eigenvalue weighted by Gasteiger charge is -2.24. The molecule has 2 heterocycles. The second-order valence-corrected chi connectivity index (χ2v) is 10.9. The topological polar surface area (TPSA) is 127 Å². The monoisotopic (exact) mass is 497 g/mol. The fraction of sp³-hybridized carbons (Fsp3) is 0.360. The fourth-order valence-electron chi connectivity index (χ4n) is 4.37. The number of amides is 1. The van der Waals surface area contributed by atoms with Crippen LogP contribution in [0.3, 0.4) is 0 Å². The highest BCUT2D eigenvalue weighted by Crippen LogP contribution is 2.28. The third-order valence-corrected chi connectivity index (χ3v) is 8.30. The molecule has 1 unspecified atom stereocenters. The smallest absolute Gasteiger partial charge is 0.266 e. The van der Waals surface area contributed by atoms with Crippen LogP contribution in [-0.2, 0) is 19.4 Å². The Balaban J connectivity index is 1.53. The first-order valence-corrected chi connectivity index (χ1v) is 13.0. The standard InChI is InChI=1S/C25H27N3O6S/c1-3-19(23(30)25-27-20-11-7-8-12-22(20)34-25)26-24(31)21-13-18(15-28(21)14-16(2)29)35(32,33)17-9-5-4-6-10-17/h4-12,18-19,21H,3,13-15H2,1-2H3,(H,26,31)/t18-,19?,21+/m1/s1. The van der Waals surface area contributed by atoms with Crippen molar-refractivity contribution in [3.05, 3.63) is 60.5 Å². The predicted molar refractivity (Wildman–Crippen MR) is 129 cm³/mol. The number of nitrogens with zero attached hydrogens (tertiary/aromatic N) is 2. The van der Waals surface area contributed by atoms with Crippen LogP contribution in [0.1, 0.15) is 37.4 Å². The Hall–Kier alpha value is -3.37. The van der Waals surface area contributed by atoms with Crippen LogP contribution in [0.4, 0.5) is 0 Å². The summed E-state index contributed by atoms with van der Waals surface area (Å²) in [5.41, 5.74) is 1.00. The molecular formula is C25H27N3O6S. The molecule has 2 aromatic carbocycles. The minimum Gasteiger partial charge on any atom is -0.434 e. The van der Waals surface area contributed by atoms with Crippen LogP contribution in [0, 0.1) is 0 Å². The molecule has 35 heavy (non-hydrogen) atoms. The maximum absolute atomic E-state index is 13.3. The SMILES string of the molecule is CCC(NC(=O)[C@@H]1C[C@@H](S(=O)(=O)c2ccccc2)CN1CC(C)=O)C(=O)c1nc2ccccc2o1. The zero-order chi connectivity index (χ0) is 25.2. The highest BCUT2D eigenvalue weighted by Gasteiger charge is 2.44. The van der Waals surface area contributed by atoms with Gasteiger partial charge in [-0.1, -0.05) is 37.3 Å². The summed E-state index contributed by atoms with van der Waals surface area (Å²) in [5.74, 6) is -1.26. The molecule has 10 heteroatoms. The third kappa shape index (κ3) is 5.18. The van der Waals surface area contributed by atoms with Gasteiger partial charge in [-0.2, -0.15) is 0 Å². The number of likely N-dealkylation sites (tertiary alicyclic amines) is 1. The zero-order valence-electron chi connectivity index (χ0n) is 19.5. The molecule has 1 N–H and O–H groups in total. The Bertz CT molecular complexity index is 1320. The van der Waals surface area contributed by atoms with E-state index in [1.54, 1.807) is 54.3 Å². The number of oxazole rings is 1. The van der Waals surface area contributed by atoms with E-state index < -0.39 is 38.9 Å². The molecule has 1 aromatic heterocycles. The maximum atomic E-state index is 13.3. The molecule has 1 aliphatic rings. The van der Waals surface area contributed by atoms with Gasteiger partial charge in [0.2, 0.25) is 11.7 Å². The normalized spacial score (nSPS) is 19.5. The molecule has 9 nitrogen and oxygen atoms in total. The highest BCUT2D eigenvalue weighted by atomic mass is 32.2. The van der Waals surface area contributed by atoms with Gasteiger partial charge in [0.25, 0.3) is 5.89 Å². The second kappa shape index (κ2) is 10.1. The molecule has 1 saturated heterocycles. The molecule has 0 bridgehead atoms. The zero-order valence-corrected chi connectivity index (χ0v) is 20.3. The van der Waals surface area contributed by atoms with Crippen LogP contribution in [0.25, 0.3) is 11.1 Å². The number of aromatic nitrogens is 1. The fourth-order valence-corrected chi connectivity index (χ4v) is 6.11. The van der Waals surface area contributed by atoms with Crippen molar-refractivity contribution >= 4 is 38.4 Å². The number of sulfone groups is 1. The quantitative estimate of drug-likeness (QED) is 0.447. The first kappa shape index (κ1) is 24.7. The predicted octanol–water partition coefficient (Wildman–Crippen LogP) is 2.41. The molecule has 0 aliphatic carbocycles. The number of fused-ring (bicyclic) bond motifs is 1. The van der Waals surface area contributed by atoms with Crippen molar-refractivity contribution < 1.29 is 27.2 Å². The molecule has 1 fully saturated rings. The lowest BCUT2D eigenvalue weighted by Crippen LogP contribution is -2.50. The van der Waals surface area contributed by atoms with Gasteiger partial charge in [-0.3, -0.25) is 19.3 Å². The molecule has 4 rings (SSSR count). The van der Waals surface area contributed by atoms with Crippen LogP contribution < -0.4 is 5.32 Å². The number of Topliss-reactive ketones (excluding diaryl/α,β-unsaturated/α-hetero) is 2.